The molecule has 2 amide bonds. The molecule has 1 saturated heterocycles. The Balaban J connectivity index is 1.87. The molecule has 162 valence electrons. The Morgan fingerprint density at radius 2 is 1.65 bits per heavy atom. The lowest BCUT2D eigenvalue weighted by molar-refractivity contribution is -0.120. The number of piperidine rings is 1. The molecule has 1 fully saturated rings. The van der Waals surface area contributed by atoms with Crippen LogP contribution < -0.4 is 14.4 Å². The number of benzene rings is 2. The third-order valence-corrected chi connectivity index (χ3v) is 5.86. The first kappa shape index (κ1) is 20.9. The zero-order valence-electron chi connectivity index (χ0n) is 17.7. The number of likely N-dealkylation sites (tertiary alicyclic amines) is 1. The van der Waals surface area contributed by atoms with Crippen molar-refractivity contribution in [2.24, 2.45) is 5.92 Å². The van der Waals surface area contributed by atoms with Crippen molar-refractivity contribution in [3.05, 3.63) is 59.8 Å². The van der Waals surface area contributed by atoms with Gasteiger partial charge in [-0.15, -0.1) is 0 Å². The molecule has 0 spiro atoms. The number of aliphatic hydroxyl groups excluding tert-OH is 1. The third kappa shape index (κ3) is 3.65. The van der Waals surface area contributed by atoms with Crippen LogP contribution in [0.5, 0.6) is 11.5 Å². The van der Waals surface area contributed by atoms with E-state index in [1.165, 1.54) is 12.0 Å². The van der Waals surface area contributed by atoms with Crippen LogP contribution in [-0.2, 0) is 9.59 Å². The number of rotatable bonds is 6. The van der Waals surface area contributed by atoms with Gasteiger partial charge in [0.25, 0.3) is 11.8 Å². The summed E-state index contributed by atoms with van der Waals surface area (Å²) in [6.07, 6.45) is 1.73. The molecule has 0 saturated carbocycles. The Labute approximate surface area is 181 Å². The summed E-state index contributed by atoms with van der Waals surface area (Å²) in [5.41, 5.74) is 1.63. The number of methoxy groups -OCH3 is 2. The molecule has 0 bridgehead atoms. The minimum atomic E-state index is -0.417. The molecule has 0 aliphatic carbocycles. The van der Waals surface area contributed by atoms with Crippen molar-refractivity contribution in [3.8, 4) is 11.5 Å². The summed E-state index contributed by atoms with van der Waals surface area (Å²) >= 11 is 0. The van der Waals surface area contributed by atoms with Gasteiger partial charge >= 0.3 is 0 Å². The molecule has 31 heavy (non-hydrogen) atoms. The van der Waals surface area contributed by atoms with E-state index in [1.807, 2.05) is 17.0 Å². The molecule has 2 aliphatic heterocycles. The summed E-state index contributed by atoms with van der Waals surface area (Å²) < 4.78 is 10.9. The van der Waals surface area contributed by atoms with E-state index in [2.05, 4.69) is 0 Å². The smallest absolute Gasteiger partial charge is 0.282 e. The maximum atomic E-state index is 13.7. The molecular formula is C24H26N2O5. The summed E-state index contributed by atoms with van der Waals surface area (Å²) in [7, 11) is 3.05. The molecular weight excluding hydrogens is 396 g/mol. The van der Waals surface area contributed by atoms with Crippen LogP contribution in [0.25, 0.3) is 5.57 Å². The number of hydrogen-bond acceptors (Lipinski definition) is 6. The predicted molar refractivity (Wildman–Crippen MR) is 117 cm³/mol. The van der Waals surface area contributed by atoms with Crippen LogP contribution in [-0.4, -0.2) is 55.7 Å². The van der Waals surface area contributed by atoms with Crippen molar-refractivity contribution in [2.75, 3.05) is 38.8 Å². The molecule has 0 aromatic heterocycles. The fourth-order valence-corrected chi connectivity index (χ4v) is 4.36. The highest BCUT2D eigenvalue weighted by Crippen LogP contribution is 2.41. The number of amides is 2. The summed E-state index contributed by atoms with van der Waals surface area (Å²) in [6, 6.07) is 14.2. The van der Waals surface area contributed by atoms with Crippen LogP contribution in [0.1, 0.15) is 18.4 Å². The number of carbonyl (C=O) groups excluding carboxylic acids is 2. The molecule has 2 aliphatic rings. The van der Waals surface area contributed by atoms with Gasteiger partial charge < -0.3 is 19.5 Å². The highest BCUT2D eigenvalue weighted by molar-refractivity contribution is 6.46. The van der Waals surface area contributed by atoms with Crippen LogP contribution in [0.3, 0.4) is 0 Å². The zero-order chi connectivity index (χ0) is 22.0. The number of para-hydroxylation sites is 3. The van der Waals surface area contributed by atoms with Crippen LogP contribution in [0.15, 0.2) is 54.2 Å². The average Bonchev–Trinajstić information content (AvgIpc) is 3.08. The molecule has 2 heterocycles. The first-order valence-corrected chi connectivity index (χ1v) is 10.4. The van der Waals surface area contributed by atoms with Gasteiger partial charge in [-0.05, 0) is 37.0 Å². The minimum Gasteiger partial charge on any atom is -0.496 e. The van der Waals surface area contributed by atoms with Gasteiger partial charge in [0.1, 0.15) is 17.2 Å². The third-order valence-electron chi connectivity index (χ3n) is 5.86. The van der Waals surface area contributed by atoms with Gasteiger partial charge in [0.2, 0.25) is 0 Å². The van der Waals surface area contributed by atoms with Crippen molar-refractivity contribution in [3.63, 3.8) is 0 Å². The molecule has 7 nitrogen and oxygen atoms in total. The quantitative estimate of drug-likeness (QED) is 0.721. The molecule has 1 atom stereocenters. The molecule has 1 unspecified atom stereocenters. The number of ether oxygens (including phenoxy) is 2. The summed E-state index contributed by atoms with van der Waals surface area (Å²) in [5.74, 6) is 0.211. The number of nitrogens with zero attached hydrogens (tertiary/aromatic N) is 2. The van der Waals surface area contributed by atoms with E-state index in [9.17, 15) is 14.7 Å². The monoisotopic (exact) mass is 422 g/mol. The second-order valence-electron chi connectivity index (χ2n) is 7.68. The largest absolute Gasteiger partial charge is 0.496 e. The Morgan fingerprint density at radius 1 is 0.968 bits per heavy atom. The molecule has 2 aromatic rings. The van der Waals surface area contributed by atoms with Gasteiger partial charge in [-0.25, -0.2) is 4.90 Å². The molecule has 4 rings (SSSR count). The van der Waals surface area contributed by atoms with Gasteiger partial charge in [0.15, 0.2) is 0 Å². The summed E-state index contributed by atoms with van der Waals surface area (Å²) in [4.78, 5) is 30.5. The zero-order valence-corrected chi connectivity index (χ0v) is 17.7. The molecule has 2 aromatic carbocycles. The van der Waals surface area contributed by atoms with E-state index < -0.39 is 11.8 Å². The van der Waals surface area contributed by atoms with Gasteiger partial charge in [-0.3, -0.25) is 9.59 Å². The maximum Gasteiger partial charge on any atom is 0.282 e. The van der Waals surface area contributed by atoms with Crippen LogP contribution in [0, 0.1) is 5.92 Å². The Kier molecular flexibility index (Phi) is 5.95. The Bertz CT molecular complexity index is 1030. The number of imide groups is 1. The van der Waals surface area contributed by atoms with E-state index in [4.69, 9.17) is 9.47 Å². The highest BCUT2D eigenvalue weighted by Gasteiger charge is 2.44. The Hall–Kier alpha value is -3.32. The predicted octanol–water partition coefficient (Wildman–Crippen LogP) is 2.69. The highest BCUT2D eigenvalue weighted by atomic mass is 16.5. The van der Waals surface area contributed by atoms with Crippen molar-refractivity contribution < 1.29 is 24.2 Å². The summed E-state index contributed by atoms with van der Waals surface area (Å²) in [5, 5.41) is 9.69. The standard InChI is InChI=1S/C24H26N2O5/c1-30-19-11-5-3-9-17(19)21-22(25-13-7-8-16(14-25)15-27)24(29)26(23(21)28)18-10-4-6-12-20(18)31-2/h3-6,9-12,16,27H,7-8,13-15H2,1-2H3. The van der Waals surface area contributed by atoms with E-state index >= 15 is 0 Å². The number of aliphatic hydroxyl groups is 1. The van der Waals surface area contributed by atoms with Crippen LogP contribution >= 0.6 is 0 Å². The number of carbonyl (C=O) groups is 2. The van der Waals surface area contributed by atoms with Crippen molar-refractivity contribution in [1.82, 2.24) is 4.90 Å². The van der Waals surface area contributed by atoms with Crippen molar-refractivity contribution in [1.29, 1.82) is 0 Å². The molecule has 1 N–H and O–H groups in total. The van der Waals surface area contributed by atoms with Crippen molar-refractivity contribution >= 4 is 23.1 Å². The van der Waals surface area contributed by atoms with Crippen LogP contribution in [0.4, 0.5) is 5.69 Å². The van der Waals surface area contributed by atoms with Gasteiger partial charge in [0.05, 0.1) is 25.5 Å². The lowest BCUT2D eigenvalue weighted by Gasteiger charge is -2.34. The van der Waals surface area contributed by atoms with Gasteiger partial charge in [0, 0.05) is 25.3 Å². The maximum absolute atomic E-state index is 13.7. The normalized spacial score (nSPS) is 19.3. The van der Waals surface area contributed by atoms with Crippen molar-refractivity contribution in [2.45, 2.75) is 12.8 Å². The Morgan fingerprint density at radius 3 is 2.35 bits per heavy atom. The topological polar surface area (TPSA) is 79.3 Å². The van der Waals surface area contributed by atoms with E-state index in [-0.39, 0.29) is 12.5 Å². The van der Waals surface area contributed by atoms with Crippen LogP contribution in [0.2, 0.25) is 0 Å². The SMILES string of the molecule is COc1ccccc1C1=C(N2CCCC(CO)C2)C(=O)N(c2ccccc2OC)C1=O. The summed E-state index contributed by atoms with van der Waals surface area (Å²) in [6.45, 7) is 1.21. The fraction of sp³-hybridized carbons (Fsp3) is 0.333. The first-order valence-electron chi connectivity index (χ1n) is 10.4. The van der Waals surface area contributed by atoms with E-state index in [0.29, 0.717) is 47.1 Å². The second kappa shape index (κ2) is 8.81. The average molecular weight is 422 g/mol. The fourth-order valence-electron chi connectivity index (χ4n) is 4.36. The molecule has 0 radical (unpaired) electrons. The lowest BCUT2D eigenvalue weighted by Crippen LogP contribution is -2.40. The van der Waals surface area contributed by atoms with E-state index in [1.54, 1.807) is 43.5 Å². The lowest BCUT2D eigenvalue weighted by atomic mass is 9.96. The minimum absolute atomic E-state index is 0.0477. The van der Waals surface area contributed by atoms with Gasteiger partial charge in [-0.2, -0.15) is 0 Å². The number of anilines is 1. The first-order chi connectivity index (χ1) is 15.1. The molecule has 7 heteroatoms. The van der Waals surface area contributed by atoms with Gasteiger partial charge in [-0.1, -0.05) is 30.3 Å². The second-order valence-corrected chi connectivity index (χ2v) is 7.68. The van der Waals surface area contributed by atoms with E-state index in [0.717, 1.165) is 12.8 Å². The number of hydrogen-bond donors (Lipinski definition) is 1.